The van der Waals surface area contributed by atoms with E-state index in [4.69, 9.17) is 11.5 Å². The number of ketones is 1. The lowest BCUT2D eigenvalue weighted by Gasteiger charge is -2.33. The summed E-state index contributed by atoms with van der Waals surface area (Å²) in [5.74, 6) is -1.28. The van der Waals surface area contributed by atoms with Crippen molar-refractivity contribution in [1.82, 2.24) is 30.7 Å². The van der Waals surface area contributed by atoms with Crippen LogP contribution in [0.2, 0.25) is 0 Å². The number of piperidine rings is 1. The van der Waals surface area contributed by atoms with Gasteiger partial charge in [-0.25, -0.2) is 4.98 Å². The lowest BCUT2D eigenvalue weighted by Crippen LogP contribution is -2.56. The number of guanidine groups is 1. The van der Waals surface area contributed by atoms with Crippen LogP contribution in [-0.2, 0) is 14.4 Å². The van der Waals surface area contributed by atoms with Gasteiger partial charge in [0.15, 0.2) is 11.0 Å². The molecule has 0 bridgehead atoms. The van der Waals surface area contributed by atoms with E-state index >= 15 is 0 Å². The molecule has 3 amide bonds. The number of carbonyl (C=O) groups is 4. The molecule has 13 nitrogen and oxygen atoms in total. The van der Waals surface area contributed by atoms with Crippen LogP contribution < -0.4 is 27.4 Å². The minimum absolute atomic E-state index is 0.0416. The van der Waals surface area contributed by atoms with Crippen LogP contribution in [0.4, 0.5) is 0 Å². The molecular formula is C22H35N9O4S. The highest BCUT2D eigenvalue weighted by atomic mass is 32.1. The molecule has 2 aliphatic rings. The summed E-state index contributed by atoms with van der Waals surface area (Å²) in [5.41, 5.74) is 10.7. The molecule has 0 aromatic carbocycles. The summed E-state index contributed by atoms with van der Waals surface area (Å²) in [6.45, 7) is 4.00. The van der Waals surface area contributed by atoms with Crippen LogP contribution in [0.15, 0.2) is 16.6 Å². The highest BCUT2D eigenvalue weighted by Crippen LogP contribution is 2.14. The fourth-order valence-corrected chi connectivity index (χ4v) is 4.85. The molecule has 0 unspecified atom stereocenters. The van der Waals surface area contributed by atoms with Gasteiger partial charge in [-0.1, -0.05) is 0 Å². The fraction of sp³-hybridized carbons (Fsp3) is 0.636. The molecular weight excluding hydrogens is 486 g/mol. The Kier molecular flexibility index (Phi) is 10.6. The Morgan fingerprint density at radius 2 is 1.97 bits per heavy atom. The Morgan fingerprint density at radius 1 is 1.19 bits per heavy atom. The number of nitrogens with two attached hydrogens (primary N) is 2. The highest BCUT2D eigenvalue weighted by Gasteiger charge is 2.32. The van der Waals surface area contributed by atoms with Crippen molar-refractivity contribution in [2.75, 3.05) is 52.4 Å². The zero-order valence-corrected chi connectivity index (χ0v) is 21.1. The Bertz CT molecular complexity index is 930. The zero-order chi connectivity index (χ0) is 25.9. The van der Waals surface area contributed by atoms with Crippen LogP contribution in [0.1, 0.15) is 35.5 Å². The number of thiazole rings is 1. The number of piperazine rings is 1. The van der Waals surface area contributed by atoms with Crippen molar-refractivity contribution in [3.63, 3.8) is 0 Å². The van der Waals surface area contributed by atoms with Crippen molar-refractivity contribution in [1.29, 1.82) is 0 Å². The number of hydrogen-bond donors (Lipinski definition) is 5. The largest absolute Gasteiger partial charge is 0.370 e. The molecule has 36 heavy (non-hydrogen) atoms. The van der Waals surface area contributed by atoms with E-state index in [1.807, 2.05) is 4.90 Å². The van der Waals surface area contributed by atoms with E-state index in [1.165, 1.54) is 22.4 Å². The van der Waals surface area contributed by atoms with Gasteiger partial charge >= 0.3 is 0 Å². The smallest absolute Gasteiger partial charge is 0.245 e. The van der Waals surface area contributed by atoms with E-state index < -0.39 is 18.0 Å². The molecule has 14 heteroatoms. The lowest BCUT2D eigenvalue weighted by molar-refractivity contribution is -0.142. The average molecular weight is 522 g/mol. The zero-order valence-electron chi connectivity index (χ0n) is 20.3. The van der Waals surface area contributed by atoms with Crippen LogP contribution in [0.25, 0.3) is 0 Å². The molecule has 2 saturated heterocycles. The Morgan fingerprint density at radius 3 is 2.67 bits per heavy atom. The third-order valence-corrected chi connectivity index (χ3v) is 6.80. The van der Waals surface area contributed by atoms with Crippen LogP contribution >= 0.6 is 11.3 Å². The van der Waals surface area contributed by atoms with Gasteiger partial charge in [0.2, 0.25) is 23.5 Å². The molecule has 198 valence electrons. The number of aliphatic imine (C=N–C) groups is 1. The summed E-state index contributed by atoms with van der Waals surface area (Å²) in [4.78, 5) is 62.6. The highest BCUT2D eigenvalue weighted by molar-refractivity contribution is 7.11. The van der Waals surface area contributed by atoms with Gasteiger partial charge in [0, 0.05) is 50.8 Å². The predicted octanol–water partition coefficient (Wildman–Crippen LogP) is -2.12. The van der Waals surface area contributed by atoms with Crippen LogP contribution in [0, 0.1) is 0 Å². The molecule has 2 atom stereocenters. The Labute approximate surface area is 214 Å². The first-order valence-corrected chi connectivity index (χ1v) is 13.0. The number of aromatic nitrogens is 1. The summed E-state index contributed by atoms with van der Waals surface area (Å²) < 4.78 is 0. The second-order valence-electron chi connectivity index (χ2n) is 8.82. The summed E-state index contributed by atoms with van der Waals surface area (Å²) in [6.07, 6.45) is 3.51. The Balaban J connectivity index is 1.53. The van der Waals surface area contributed by atoms with E-state index in [-0.39, 0.29) is 36.6 Å². The predicted molar refractivity (Wildman–Crippen MR) is 135 cm³/mol. The minimum atomic E-state index is -0.813. The van der Waals surface area contributed by atoms with Gasteiger partial charge in [0.1, 0.15) is 6.04 Å². The number of amides is 3. The fourth-order valence-electron chi connectivity index (χ4n) is 4.22. The van der Waals surface area contributed by atoms with Crippen molar-refractivity contribution < 1.29 is 19.2 Å². The molecule has 0 spiro atoms. The molecule has 2 aliphatic heterocycles. The first-order chi connectivity index (χ1) is 17.3. The summed E-state index contributed by atoms with van der Waals surface area (Å²) in [6, 6.07) is -1.47. The second-order valence-corrected chi connectivity index (χ2v) is 9.71. The average Bonchev–Trinajstić information content (AvgIpc) is 3.38. The number of nitrogens with zero attached hydrogens (tertiary/aromatic N) is 4. The number of likely N-dealkylation sites (tertiary alicyclic amines) is 1. The first-order valence-electron chi connectivity index (χ1n) is 12.1. The standard InChI is InChI=1S/C22H35N9O4S/c23-22(24)27-5-1-3-15(19(34)20-26-8-12-36-20)28-18(33)14-31-9-2-4-16(21(31)35)29-17(32)13-30-10-6-25-7-11-30/h8,12,15-16,25H,1-7,9-11,13-14H2,(H,28,33)(H,29,32)(H4,23,24,27)/t15-,16-/m0/s1. The first kappa shape index (κ1) is 27.5. The molecule has 0 saturated carbocycles. The third kappa shape index (κ3) is 8.53. The van der Waals surface area contributed by atoms with Crippen molar-refractivity contribution >= 4 is 40.8 Å². The van der Waals surface area contributed by atoms with E-state index in [1.54, 1.807) is 5.38 Å². The molecule has 3 rings (SSSR count). The van der Waals surface area contributed by atoms with Gasteiger partial charge in [-0.2, -0.15) is 0 Å². The lowest BCUT2D eigenvalue weighted by atomic mass is 10.0. The van der Waals surface area contributed by atoms with Crippen molar-refractivity contribution in [2.45, 2.75) is 37.8 Å². The number of Topliss-reactive ketones (excluding diaryl/α,β-unsaturated/α-hetero) is 1. The molecule has 7 N–H and O–H groups in total. The van der Waals surface area contributed by atoms with Crippen LogP contribution in [-0.4, -0.2) is 109 Å². The quantitative estimate of drug-likeness (QED) is 0.0886. The van der Waals surface area contributed by atoms with E-state index in [0.717, 1.165) is 26.2 Å². The van der Waals surface area contributed by atoms with Gasteiger partial charge in [-0.3, -0.25) is 29.1 Å². The molecule has 1 aromatic heterocycles. The maximum absolute atomic E-state index is 13.0. The van der Waals surface area contributed by atoms with E-state index in [9.17, 15) is 19.2 Å². The maximum atomic E-state index is 13.0. The molecule has 0 aliphatic carbocycles. The van der Waals surface area contributed by atoms with Crippen molar-refractivity contribution in [3.8, 4) is 0 Å². The Hall–Kier alpha value is -3.10. The molecule has 0 radical (unpaired) electrons. The van der Waals surface area contributed by atoms with Crippen molar-refractivity contribution in [2.24, 2.45) is 16.5 Å². The normalized spacial score (nSPS) is 19.4. The van der Waals surface area contributed by atoms with E-state index in [2.05, 4.69) is 25.9 Å². The van der Waals surface area contributed by atoms with Gasteiger partial charge in [-0.05, 0) is 25.7 Å². The van der Waals surface area contributed by atoms with Crippen LogP contribution in [0.3, 0.4) is 0 Å². The summed E-state index contributed by atoms with van der Waals surface area (Å²) in [7, 11) is 0. The second kappa shape index (κ2) is 13.8. The maximum Gasteiger partial charge on any atom is 0.245 e. The topological polar surface area (TPSA) is 188 Å². The van der Waals surface area contributed by atoms with E-state index in [0.29, 0.717) is 43.8 Å². The van der Waals surface area contributed by atoms with Gasteiger partial charge in [0.05, 0.1) is 19.1 Å². The molecule has 1 aromatic rings. The minimum Gasteiger partial charge on any atom is -0.370 e. The van der Waals surface area contributed by atoms with Crippen LogP contribution in [0.5, 0.6) is 0 Å². The number of rotatable bonds is 12. The number of carbonyl (C=O) groups excluding carboxylic acids is 4. The van der Waals surface area contributed by atoms with Gasteiger partial charge in [-0.15, -0.1) is 11.3 Å². The SMILES string of the molecule is NC(N)=NCCC[C@H](NC(=O)CN1CCC[C@H](NC(=O)CN2CCNCC2)C1=O)C(=O)c1nccs1. The monoisotopic (exact) mass is 521 g/mol. The summed E-state index contributed by atoms with van der Waals surface area (Å²) in [5, 5.41) is 10.8. The number of hydrogen-bond acceptors (Lipinski definition) is 9. The van der Waals surface area contributed by atoms with Crippen molar-refractivity contribution in [3.05, 3.63) is 16.6 Å². The molecule has 3 heterocycles. The third-order valence-electron chi connectivity index (χ3n) is 6.02. The number of nitrogens with one attached hydrogen (secondary N) is 3. The van der Waals surface area contributed by atoms with Gasteiger partial charge < -0.3 is 32.3 Å². The summed E-state index contributed by atoms with van der Waals surface area (Å²) >= 11 is 1.19. The molecule has 2 fully saturated rings. The van der Waals surface area contributed by atoms with Gasteiger partial charge in [0.25, 0.3) is 0 Å².